The third kappa shape index (κ3) is 3.66. The van der Waals surface area contributed by atoms with Gasteiger partial charge in [0, 0.05) is 12.2 Å². The summed E-state index contributed by atoms with van der Waals surface area (Å²) in [5.41, 5.74) is 2.15. The summed E-state index contributed by atoms with van der Waals surface area (Å²) in [6.07, 6.45) is 10.0. The van der Waals surface area contributed by atoms with Gasteiger partial charge in [-0.15, -0.1) is 0 Å². The van der Waals surface area contributed by atoms with E-state index in [9.17, 15) is 0 Å². The minimum Gasteiger partial charge on any atom is -0.360 e. The number of hydrogen-bond donors (Lipinski definition) is 2. The first-order valence-corrected chi connectivity index (χ1v) is 6.64. The molecule has 2 rings (SSSR count). The highest BCUT2D eigenvalue weighted by Crippen LogP contribution is 2.18. The van der Waals surface area contributed by atoms with Crippen molar-refractivity contribution in [1.29, 1.82) is 0 Å². The molecule has 0 amide bonds. The van der Waals surface area contributed by atoms with E-state index in [-0.39, 0.29) is 0 Å². The molecule has 0 bridgehead atoms. The SMILES string of the molecule is Cc1ccncc1NC(=S)NC1CCCCC1. The van der Waals surface area contributed by atoms with Gasteiger partial charge in [-0.3, -0.25) is 4.98 Å². The Morgan fingerprint density at radius 2 is 2.12 bits per heavy atom. The van der Waals surface area contributed by atoms with Crippen LogP contribution in [0.4, 0.5) is 5.69 Å². The Morgan fingerprint density at radius 3 is 2.82 bits per heavy atom. The van der Waals surface area contributed by atoms with Crippen molar-refractivity contribution in [3.05, 3.63) is 24.0 Å². The molecule has 0 aliphatic heterocycles. The van der Waals surface area contributed by atoms with Crippen molar-refractivity contribution in [2.45, 2.75) is 45.1 Å². The van der Waals surface area contributed by atoms with Crippen molar-refractivity contribution in [1.82, 2.24) is 10.3 Å². The fourth-order valence-corrected chi connectivity index (χ4v) is 2.46. The molecule has 3 nitrogen and oxygen atoms in total. The highest BCUT2D eigenvalue weighted by Gasteiger charge is 2.14. The quantitative estimate of drug-likeness (QED) is 0.790. The van der Waals surface area contributed by atoms with E-state index in [0.29, 0.717) is 11.2 Å². The van der Waals surface area contributed by atoms with Gasteiger partial charge in [-0.05, 0) is 43.6 Å². The number of pyridine rings is 1. The summed E-state index contributed by atoms with van der Waals surface area (Å²) in [7, 11) is 0. The lowest BCUT2D eigenvalue weighted by molar-refractivity contribution is 0.415. The molecule has 0 aromatic carbocycles. The van der Waals surface area contributed by atoms with Crippen LogP contribution in [0.3, 0.4) is 0 Å². The number of nitrogens with one attached hydrogen (secondary N) is 2. The summed E-state index contributed by atoms with van der Waals surface area (Å²) in [5.74, 6) is 0. The molecule has 1 saturated carbocycles. The van der Waals surface area contributed by atoms with Crippen molar-refractivity contribution in [3.8, 4) is 0 Å². The minimum atomic E-state index is 0.542. The molecule has 0 atom stereocenters. The molecule has 0 spiro atoms. The number of aromatic nitrogens is 1. The highest BCUT2D eigenvalue weighted by atomic mass is 32.1. The molecule has 92 valence electrons. The number of nitrogens with zero attached hydrogens (tertiary/aromatic N) is 1. The molecule has 1 aliphatic carbocycles. The fourth-order valence-electron chi connectivity index (χ4n) is 2.19. The summed E-state index contributed by atoms with van der Waals surface area (Å²) in [6.45, 7) is 2.05. The van der Waals surface area contributed by atoms with Crippen LogP contribution >= 0.6 is 12.2 Å². The minimum absolute atomic E-state index is 0.542. The van der Waals surface area contributed by atoms with E-state index < -0.39 is 0 Å². The highest BCUT2D eigenvalue weighted by molar-refractivity contribution is 7.80. The maximum atomic E-state index is 5.33. The van der Waals surface area contributed by atoms with Crippen molar-refractivity contribution in [2.75, 3.05) is 5.32 Å². The molecule has 17 heavy (non-hydrogen) atoms. The monoisotopic (exact) mass is 249 g/mol. The van der Waals surface area contributed by atoms with Crippen LogP contribution in [0, 0.1) is 6.92 Å². The molecule has 1 heterocycles. The second-order valence-electron chi connectivity index (χ2n) is 4.62. The summed E-state index contributed by atoms with van der Waals surface area (Å²) < 4.78 is 0. The Balaban J connectivity index is 1.86. The van der Waals surface area contributed by atoms with Crippen molar-refractivity contribution < 1.29 is 0 Å². The third-order valence-electron chi connectivity index (χ3n) is 3.23. The molecule has 0 saturated heterocycles. The van der Waals surface area contributed by atoms with Crippen LogP contribution in [0.1, 0.15) is 37.7 Å². The number of anilines is 1. The van der Waals surface area contributed by atoms with E-state index in [1.807, 2.05) is 19.2 Å². The van der Waals surface area contributed by atoms with Gasteiger partial charge in [-0.25, -0.2) is 0 Å². The summed E-state index contributed by atoms with van der Waals surface area (Å²) >= 11 is 5.33. The molecule has 1 aromatic rings. The second kappa shape index (κ2) is 5.96. The maximum absolute atomic E-state index is 5.33. The van der Waals surface area contributed by atoms with Gasteiger partial charge in [0.25, 0.3) is 0 Å². The predicted octanol–water partition coefficient (Wildman–Crippen LogP) is 3.01. The number of aryl methyl sites for hydroxylation is 1. The standard InChI is InChI=1S/C13H19N3S/c1-10-7-8-14-9-12(10)16-13(17)15-11-5-3-2-4-6-11/h7-9,11H,2-6H2,1H3,(H2,15,16,17). The van der Waals surface area contributed by atoms with Crippen LogP contribution in [0.5, 0.6) is 0 Å². The summed E-state index contributed by atoms with van der Waals surface area (Å²) in [5, 5.41) is 7.32. The topological polar surface area (TPSA) is 37.0 Å². The van der Waals surface area contributed by atoms with Crippen molar-refractivity contribution in [2.24, 2.45) is 0 Å². The molecule has 0 radical (unpaired) electrons. The Morgan fingerprint density at radius 1 is 1.35 bits per heavy atom. The van der Waals surface area contributed by atoms with Gasteiger partial charge in [-0.2, -0.15) is 0 Å². The zero-order valence-corrected chi connectivity index (χ0v) is 11.0. The fraction of sp³-hybridized carbons (Fsp3) is 0.538. The van der Waals surface area contributed by atoms with Crippen LogP contribution in [0.2, 0.25) is 0 Å². The average molecular weight is 249 g/mol. The lowest BCUT2D eigenvalue weighted by Gasteiger charge is -2.24. The van der Waals surface area contributed by atoms with Crippen LogP contribution in [-0.4, -0.2) is 16.1 Å². The van der Waals surface area contributed by atoms with Crippen LogP contribution in [0.25, 0.3) is 0 Å². The van der Waals surface area contributed by atoms with Gasteiger partial charge in [0.15, 0.2) is 5.11 Å². The Bertz CT molecular complexity index is 386. The van der Waals surface area contributed by atoms with E-state index in [1.54, 1.807) is 6.20 Å². The normalized spacial score (nSPS) is 16.5. The number of hydrogen-bond acceptors (Lipinski definition) is 2. The van der Waals surface area contributed by atoms with E-state index in [2.05, 4.69) is 15.6 Å². The van der Waals surface area contributed by atoms with Gasteiger partial charge in [0.05, 0.1) is 11.9 Å². The predicted molar refractivity (Wildman–Crippen MR) is 75.2 cm³/mol. The first-order chi connectivity index (χ1) is 8.25. The smallest absolute Gasteiger partial charge is 0.171 e. The molecule has 4 heteroatoms. The molecule has 0 unspecified atom stereocenters. The average Bonchev–Trinajstić information content (AvgIpc) is 2.33. The Labute approximate surface area is 108 Å². The Kier molecular flexibility index (Phi) is 4.31. The second-order valence-corrected chi connectivity index (χ2v) is 5.03. The zero-order chi connectivity index (χ0) is 12.1. The van der Waals surface area contributed by atoms with E-state index in [4.69, 9.17) is 12.2 Å². The van der Waals surface area contributed by atoms with Gasteiger partial charge >= 0.3 is 0 Å². The van der Waals surface area contributed by atoms with Crippen LogP contribution < -0.4 is 10.6 Å². The molecule has 1 aliphatic rings. The van der Waals surface area contributed by atoms with Gasteiger partial charge in [0.2, 0.25) is 0 Å². The molecular weight excluding hydrogens is 230 g/mol. The first kappa shape index (κ1) is 12.3. The first-order valence-electron chi connectivity index (χ1n) is 6.24. The summed E-state index contributed by atoms with van der Waals surface area (Å²) in [6, 6.07) is 2.52. The lowest BCUT2D eigenvalue weighted by atomic mass is 9.96. The van der Waals surface area contributed by atoms with E-state index in [0.717, 1.165) is 11.3 Å². The number of rotatable bonds is 2. The maximum Gasteiger partial charge on any atom is 0.171 e. The lowest BCUT2D eigenvalue weighted by Crippen LogP contribution is -2.38. The Hall–Kier alpha value is -1.16. The summed E-state index contributed by atoms with van der Waals surface area (Å²) in [4.78, 5) is 4.10. The largest absolute Gasteiger partial charge is 0.360 e. The van der Waals surface area contributed by atoms with Crippen LogP contribution in [-0.2, 0) is 0 Å². The van der Waals surface area contributed by atoms with Crippen LogP contribution in [0.15, 0.2) is 18.5 Å². The van der Waals surface area contributed by atoms with Gasteiger partial charge < -0.3 is 10.6 Å². The van der Waals surface area contributed by atoms with Crippen molar-refractivity contribution in [3.63, 3.8) is 0 Å². The van der Waals surface area contributed by atoms with E-state index >= 15 is 0 Å². The van der Waals surface area contributed by atoms with Crippen molar-refractivity contribution >= 4 is 23.0 Å². The number of thiocarbonyl (C=S) groups is 1. The van der Waals surface area contributed by atoms with Gasteiger partial charge in [0.1, 0.15) is 0 Å². The third-order valence-corrected chi connectivity index (χ3v) is 3.45. The molecule has 1 fully saturated rings. The van der Waals surface area contributed by atoms with Gasteiger partial charge in [-0.1, -0.05) is 19.3 Å². The van der Waals surface area contributed by atoms with E-state index in [1.165, 1.54) is 32.1 Å². The molecule has 1 aromatic heterocycles. The molecular formula is C13H19N3S. The zero-order valence-electron chi connectivity index (χ0n) is 10.2. The molecule has 2 N–H and O–H groups in total.